The second-order valence-corrected chi connectivity index (χ2v) is 9.83. The maximum Gasteiger partial charge on any atom is 0.243 e. The topological polar surface area (TPSA) is 112 Å². The smallest absolute Gasteiger partial charge is 0.243 e. The maximum atomic E-state index is 13.1. The fourth-order valence-electron chi connectivity index (χ4n) is 4.03. The number of carbonyl (C=O) groups is 1. The van der Waals surface area contributed by atoms with E-state index in [2.05, 4.69) is 25.1 Å². The van der Waals surface area contributed by atoms with Crippen LogP contribution in [0.25, 0.3) is 22.0 Å². The highest BCUT2D eigenvalue weighted by Gasteiger charge is 2.29. The van der Waals surface area contributed by atoms with E-state index < -0.39 is 10.0 Å². The molecule has 1 fully saturated rings. The molecule has 5 rings (SSSR count). The predicted octanol–water partition coefficient (Wildman–Crippen LogP) is 2.73. The summed E-state index contributed by atoms with van der Waals surface area (Å²) in [7, 11) is -3.64. The number of Topliss-reactive ketones (excluding diaryl/α,β-unsaturated/α-hetero) is 1. The summed E-state index contributed by atoms with van der Waals surface area (Å²) in [5.41, 5.74) is 3.29. The van der Waals surface area contributed by atoms with Crippen molar-refractivity contribution in [2.24, 2.45) is 0 Å². The molecule has 0 unspecified atom stereocenters. The summed E-state index contributed by atoms with van der Waals surface area (Å²) in [5, 5.41) is 7.75. The molecule has 168 valence electrons. The number of H-pyrrole nitrogens is 1. The van der Waals surface area contributed by atoms with Crippen LogP contribution >= 0.6 is 0 Å². The minimum Gasteiger partial charge on any atom is -0.353 e. The Morgan fingerprint density at radius 3 is 2.39 bits per heavy atom. The van der Waals surface area contributed by atoms with Gasteiger partial charge in [-0.15, -0.1) is 0 Å². The molecule has 1 aliphatic heterocycles. The third-order valence-corrected chi connectivity index (χ3v) is 7.80. The number of rotatable bonds is 5. The van der Waals surface area contributed by atoms with Gasteiger partial charge < -0.3 is 4.90 Å². The van der Waals surface area contributed by atoms with E-state index in [1.807, 2.05) is 24.4 Å². The maximum absolute atomic E-state index is 13.1. The molecule has 9 nitrogen and oxygen atoms in total. The normalized spacial score (nSPS) is 15.1. The molecule has 0 bridgehead atoms. The predicted molar refractivity (Wildman–Crippen MR) is 125 cm³/mol. The fraction of sp³-hybridized carbons (Fsp3) is 0.217. The zero-order valence-electron chi connectivity index (χ0n) is 18.0. The highest BCUT2D eigenvalue weighted by Crippen LogP contribution is 2.29. The first-order chi connectivity index (χ1) is 15.9. The number of hydrogen-bond donors (Lipinski definition) is 1. The number of nitrogens with one attached hydrogen (secondary N) is 1. The van der Waals surface area contributed by atoms with Crippen molar-refractivity contribution in [2.75, 3.05) is 31.1 Å². The van der Waals surface area contributed by atoms with Crippen molar-refractivity contribution in [3.8, 4) is 11.1 Å². The second kappa shape index (κ2) is 8.38. The van der Waals surface area contributed by atoms with Gasteiger partial charge in [-0.05, 0) is 36.8 Å². The minimum atomic E-state index is -3.64. The molecule has 0 amide bonds. The zero-order chi connectivity index (χ0) is 23.0. The number of piperazine rings is 1. The first kappa shape index (κ1) is 21.2. The third kappa shape index (κ3) is 3.98. The molecule has 2 aromatic carbocycles. The van der Waals surface area contributed by atoms with Crippen LogP contribution in [-0.4, -0.2) is 64.9 Å². The number of nitrogens with zero attached hydrogens (tertiary/aromatic N) is 5. The van der Waals surface area contributed by atoms with E-state index in [-0.39, 0.29) is 10.7 Å². The summed E-state index contributed by atoms with van der Waals surface area (Å²) in [4.78, 5) is 22.7. The van der Waals surface area contributed by atoms with Crippen LogP contribution in [0, 0.1) is 0 Å². The Kier molecular flexibility index (Phi) is 5.39. The van der Waals surface area contributed by atoms with E-state index in [1.54, 1.807) is 18.3 Å². The van der Waals surface area contributed by atoms with E-state index in [0.717, 1.165) is 27.8 Å². The first-order valence-corrected chi connectivity index (χ1v) is 12.0. The molecule has 1 saturated heterocycles. The van der Waals surface area contributed by atoms with Crippen molar-refractivity contribution in [3.05, 3.63) is 66.7 Å². The van der Waals surface area contributed by atoms with Crippen LogP contribution < -0.4 is 4.90 Å². The summed E-state index contributed by atoms with van der Waals surface area (Å²) in [6, 6.07) is 12.1. The third-order valence-electron chi connectivity index (χ3n) is 5.88. The molecule has 0 atom stereocenters. The number of carbonyl (C=O) groups excluding carboxylic acids is 1. The Bertz CT molecular complexity index is 1410. The second-order valence-electron chi connectivity index (χ2n) is 7.89. The van der Waals surface area contributed by atoms with Gasteiger partial charge in [-0.25, -0.2) is 18.4 Å². The lowest BCUT2D eigenvalue weighted by atomic mass is 10.1. The molecular weight excluding hydrogens is 440 g/mol. The number of hydrogen-bond acceptors (Lipinski definition) is 7. The quantitative estimate of drug-likeness (QED) is 0.454. The highest BCUT2D eigenvalue weighted by atomic mass is 32.2. The van der Waals surface area contributed by atoms with Crippen LogP contribution in [0.3, 0.4) is 0 Å². The van der Waals surface area contributed by atoms with Gasteiger partial charge in [-0.3, -0.25) is 9.89 Å². The molecule has 0 saturated carbocycles. The SMILES string of the molecule is CC(=O)c1ccc(S(=O)(=O)N2CCN(c3ncnc4ccc(-c5cn[nH]c5)cc34)CC2)cc1. The van der Waals surface area contributed by atoms with Crippen LogP contribution in [0.2, 0.25) is 0 Å². The molecule has 0 spiro atoms. The summed E-state index contributed by atoms with van der Waals surface area (Å²) in [5.74, 6) is 0.689. The Balaban J connectivity index is 1.37. The monoisotopic (exact) mass is 462 g/mol. The van der Waals surface area contributed by atoms with Crippen molar-refractivity contribution in [1.29, 1.82) is 0 Å². The molecule has 2 aromatic heterocycles. The Morgan fingerprint density at radius 2 is 1.73 bits per heavy atom. The Morgan fingerprint density at radius 1 is 0.970 bits per heavy atom. The molecule has 3 heterocycles. The van der Waals surface area contributed by atoms with Crippen molar-refractivity contribution < 1.29 is 13.2 Å². The highest BCUT2D eigenvalue weighted by molar-refractivity contribution is 7.89. The van der Waals surface area contributed by atoms with Crippen molar-refractivity contribution >= 4 is 32.5 Å². The summed E-state index contributed by atoms with van der Waals surface area (Å²) in [6.07, 6.45) is 5.13. The van der Waals surface area contributed by atoms with Crippen LogP contribution in [0.4, 0.5) is 5.82 Å². The summed E-state index contributed by atoms with van der Waals surface area (Å²) >= 11 is 0. The van der Waals surface area contributed by atoms with Crippen molar-refractivity contribution in [3.63, 3.8) is 0 Å². The number of sulfonamides is 1. The number of aromatic amines is 1. The van der Waals surface area contributed by atoms with Gasteiger partial charge in [0.2, 0.25) is 10.0 Å². The van der Waals surface area contributed by atoms with E-state index in [9.17, 15) is 13.2 Å². The molecule has 10 heteroatoms. The zero-order valence-corrected chi connectivity index (χ0v) is 18.8. The average Bonchev–Trinajstić information content (AvgIpc) is 3.38. The summed E-state index contributed by atoms with van der Waals surface area (Å²) < 4.78 is 27.7. The van der Waals surface area contributed by atoms with E-state index in [1.165, 1.54) is 29.7 Å². The average molecular weight is 463 g/mol. The van der Waals surface area contributed by atoms with Gasteiger partial charge in [0, 0.05) is 48.9 Å². The number of aromatic nitrogens is 4. The number of ketones is 1. The molecule has 1 N–H and O–H groups in total. The van der Waals surface area contributed by atoms with Crippen molar-refractivity contribution in [1.82, 2.24) is 24.5 Å². The van der Waals surface area contributed by atoms with Crippen molar-refractivity contribution in [2.45, 2.75) is 11.8 Å². The first-order valence-electron chi connectivity index (χ1n) is 10.5. The Hall–Kier alpha value is -3.63. The number of benzene rings is 2. The Labute approximate surface area is 191 Å². The van der Waals surface area contributed by atoms with Crippen LogP contribution in [0.5, 0.6) is 0 Å². The number of anilines is 1. The molecular formula is C23H22N6O3S. The van der Waals surface area contributed by atoms with Gasteiger partial charge in [0.1, 0.15) is 12.1 Å². The lowest BCUT2D eigenvalue weighted by Crippen LogP contribution is -2.49. The largest absolute Gasteiger partial charge is 0.353 e. The summed E-state index contributed by atoms with van der Waals surface area (Å²) in [6.45, 7) is 3.14. The van der Waals surface area contributed by atoms with Gasteiger partial charge in [0.05, 0.1) is 16.6 Å². The van der Waals surface area contributed by atoms with Crippen LogP contribution in [0.1, 0.15) is 17.3 Å². The van der Waals surface area contributed by atoms with E-state index in [0.29, 0.717) is 31.7 Å². The van der Waals surface area contributed by atoms with Gasteiger partial charge >= 0.3 is 0 Å². The fourth-order valence-corrected chi connectivity index (χ4v) is 5.46. The van der Waals surface area contributed by atoms with Gasteiger partial charge in [0.15, 0.2) is 5.78 Å². The molecule has 33 heavy (non-hydrogen) atoms. The lowest BCUT2D eigenvalue weighted by molar-refractivity contribution is 0.101. The van der Waals surface area contributed by atoms with E-state index in [4.69, 9.17) is 0 Å². The standard InChI is InChI=1S/C23H22N6O3S/c1-16(30)17-2-5-20(6-3-17)33(31,32)29-10-8-28(9-11-29)23-21-12-18(19-13-26-27-14-19)4-7-22(21)24-15-25-23/h2-7,12-15H,8-11H2,1H3,(H,26,27). The van der Waals surface area contributed by atoms with Gasteiger partial charge in [-0.2, -0.15) is 9.40 Å². The van der Waals surface area contributed by atoms with Crippen LogP contribution in [0.15, 0.2) is 66.1 Å². The molecule has 0 radical (unpaired) electrons. The van der Waals surface area contributed by atoms with Gasteiger partial charge in [-0.1, -0.05) is 18.2 Å². The minimum absolute atomic E-state index is 0.0967. The molecule has 4 aromatic rings. The van der Waals surface area contributed by atoms with E-state index >= 15 is 0 Å². The lowest BCUT2D eigenvalue weighted by Gasteiger charge is -2.35. The molecule has 0 aliphatic carbocycles. The van der Waals surface area contributed by atoms with Gasteiger partial charge in [0.25, 0.3) is 0 Å². The number of fused-ring (bicyclic) bond motifs is 1. The van der Waals surface area contributed by atoms with Crippen LogP contribution in [-0.2, 0) is 10.0 Å². The molecule has 1 aliphatic rings.